The highest BCUT2D eigenvalue weighted by atomic mass is 32.2. The fraction of sp³-hybridized carbons (Fsp3) is 0.429. The van der Waals surface area contributed by atoms with E-state index in [1.165, 1.54) is 30.9 Å². The predicted molar refractivity (Wildman–Crippen MR) is 121 cm³/mol. The van der Waals surface area contributed by atoms with Crippen LogP contribution < -0.4 is 10.2 Å². The Kier molecular flexibility index (Phi) is 6.01. The molecule has 3 aromatic rings. The van der Waals surface area contributed by atoms with Gasteiger partial charge in [0.05, 0.1) is 5.75 Å². The number of aromatic nitrogens is 3. The van der Waals surface area contributed by atoms with Gasteiger partial charge in [0, 0.05) is 18.8 Å². The molecule has 3 heterocycles. The van der Waals surface area contributed by atoms with Gasteiger partial charge < -0.3 is 10.2 Å². The Morgan fingerprint density at radius 2 is 2.21 bits per heavy atom. The zero-order valence-corrected chi connectivity index (χ0v) is 18.6. The van der Waals surface area contributed by atoms with Crippen LogP contribution in [0.2, 0.25) is 0 Å². The third-order valence-electron chi connectivity index (χ3n) is 5.08. The lowest BCUT2D eigenvalue weighted by Crippen LogP contribution is -2.34. The Morgan fingerprint density at radius 3 is 3.03 bits per heavy atom. The Morgan fingerprint density at radius 1 is 1.34 bits per heavy atom. The lowest BCUT2D eigenvalue weighted by atomic mass is 10.0. The van der Waals surface area contributed by atoms with E-state index in [1.54, 1.807) is 11.3 Å². The van der Waals surface area contributed by atoms with Gasteiger partial charge in [0.15, 0.2) is 10.8 Å². The van der Waals surface area contributed by atoms with E-state index in [0.29, 0.717) is 11.7 Å². The summed E-state index contributed by atoms with van der Waals surface area (Å²) in [7, 11) is 0. The van der Waals surface area contributed by atoms with Crippen molar-refractivity contribution >= 4 is 50.2 Å². The number of benzene rings is 1. The van der Waals surface area contributed by atoms with Crippen molar-refractivity contribution in [1.29, 1.82) is 0 Å². The van der Waals surface area contributed by atoms with Crippen LogP contribution in [0.15, 0.2) is 29.6 Å². The van der Waals surface area contributed by atoms with Gasteiger partial charge in [-0.25, -0.2) is 9.97 Å². The number of amides is 1. The second kappa shape index (κ2) is 8.67. The zero-order chi connectivity index (χ0) is 20.4. The van der Waals surface area contributed by atoms with E-state index < -0.39 is 0 Å². The monoisotopic (exact) mass is 427 g/mol. The molecule has 0 spiro atoms. The molecule has 1 saturated heterocycles. The molecule has 29 heavy (non-hydrogen) atoms. The predicted octanol–water partition coefficient (Wildman–Crippen LogP) is 4.67. The SMILES string of the molecule is Cc1ccc(C)c(NC(=O)CSc2ncnc3nc(N4CCCC(C)C4)sc23)c1. The van der Waals surface area contributed by atoms with Crippen LogP contribution in [0.1, 0.15) is 30.9 Å². The summed E-state index contributed by atoms with van der Waals surface area (Å²) < 4.78 is 0.963. The van der Waals surface area contributed by atoms with Gasteiger partial charge in [-0.3, -0.25) is 4.79 Å². The van der Waals surface area contributed by atoms with Gasteiger partial charge in [-0.15, -0.1) is 0 Å². The highest BCUT2D eigenvalue weighted by molar-refractivity contribution is 8.00. The summed E-state index contributed by atoms with van der Waals surface area (Å²) in [5, 5.41) is 4.83. The molecule has 0 bridgehead atoms. The topological polar surface area (TPSA) is 71.0 Å². The molecule has 4 rings (SSSR count). The minimum Gasteiger partial charge on any atom is -0.348 e. The molecule has 0 saturated carbocycles. The minimum atomic E-state index is -0.0370. The number of hydrogen-bond acceptors (Lipinski definition) is 7. The summed E-state index contributed by atoms with van der Waals surface area (Å²) in [5.74, 6) is 0.947. The first kappa shape index (κ1) is 20.1. The van der Waals surface area contributed by atoms with Crippen molar-refractivity contribution in [3.05, 3.63) is 35.7 Å². The van der Waals surface area contributed by atoms with E-state index in [0.717, 1.165) is 50.4 Å². The highest BCUT2D eigenvalue weighted by Gasteiger charge is 2.21. The molecule has 1 N–H and O–H groups in total. The summed E-state index contributed by atoms with van der Waals surface area (Å²) in [6.45, 7) is 8.38. The molecule has 1 aliphatic heterocycles. The van der Waals surface area contributed by atoms with E-state index in [9.17, 15) is 4.79 Å². The lowest BCUT2D eigenvalue weighted by molar-refractivity contribution is -0.113. The number of carbonyl (C=O) groups is 1. The Bertz CT molecular complexity index is 1040. The van der Waals surface area contributed by atoms with Gasteiger partial charge in [0.2, 0.25) is 5.91 Å². The van der Waals surface area contributed by atoms with Crippen molar-refractivity contribution in [1.82, 2.24) is 15.0 Å². The molecule has 0 aliphatic carbocycles. The zero-order valence-electron chi connectivity index (χ0n) is 16.9. The minimum absolute atomic E-state index is 0.0370. The number of piperidine rings is 1. The summed E-state index contributed by atoms with van der Waals surface area (Å²) in [6.07, 6.45) is 4.01. The number of rotatable bonds is 5. The molecule has 1 unspecified atom stereocenters. The second-order valence-electron chi connectivity index (χ2n) is 7.68. The highest BCUT2D eigenvalue weighted by Crippen LogP contribution is 2.35. The first-order valence-electron chi connectivity index (χ1n) is 9.86. The van der Waals surface area contributed by atoms with E-state index in [-0.39, 0.29) is 5.91 Å². The van der Waals surface area contributed by atoms with Crippen LogP contribution in [-0.2, 0) is 4.79 Å². The molecule has 1 fully saturated rings. The van der Waals surface area contributed by atoms with E-state index in [2.05, 4.69) is 27.1 Å². The van der Waals surface area contributed by atoms with Crippen molar-refractivity contribution in [3.8, 4) is 0 Å². The number of aryl methyl sites for hydroxylation is 2. The van der Waals surface area contributed by atoms with Crippen molar-refractivity contribution < 1.29 is 4.79 Å². The molecule has 8 heteroatoms. The fourth-order valence-corrected chi connectivity index (χ4v) is 5.44. The molecular weight excluding hydrogens is 402 g/mol. The summed E-state index contributed by atoms with van der Waals surface area (Å²) in [6, 6.07) is 6.06. The number of nitrogens with zero attached hydrogens (tertiary/aromatic N) is 4. The van der Waals surface area contributed by atoms with Crippen molar-refractivity contribution in [3.63, 3.8) is 0 Å². The van der Waals surface area contributed by atoms with Crippen molar-refractivity contribution in [2.24, 2.45) is 5.92 Å². The van der Waals surface area contributed by atoms with E-state index in [4.69, 9.17) is 4.98 Å². The molecule has 0 radical (unpaired) electrons. The number of thioether (sulfide) groups is 1. The molecule has 152 valence electrons. The number of thiazole rings is 1. The molecule has 1 atom stereocenters. The van der Waals surface area contributed by atoms with Gasteiger partial charge in [0.1, 0.15) is 16.1 Å². The van der Waals surface area contributed by atoms with Crippen LogP contribution >= 0.6 is 23.1 Å². The molecule has 1 aliphatic rings. The molecular formula is C21H25N5OS2. The third-order valence-corrected chi connectivity index (χ3v) is 7.31. The Hall–Kier alpha value is -2.19. The molecule has 1 aromatic carbocycles. The first-order valence-corrected chi connectivity index (χ1v) is 11.7. The maximum Gasteiger partial charge on any atom is 0.234 e. The maximum absolute atomic E-state index is 12.5. The van der Waals surface area contributed by atoms with Crippen LogP contribution in [0, 0.1) is 19.8 Å². The Balaban J connectivity index is 1.46. The molecule has 1 amide bonds. The molecule has 6 nitrogen and oxygen atoms in total. The summed E-state index contributed by atoms with van der Waals surface area (Å²) in [4.78, 5) is 28.3. The average Bonchev–Trinajstić information content (AvgIpc) is 3.14. The Labute approximate surface area is 179 Å². The standard InChI is InChI=1S/C21H25N5OS2/c1-13-6-7-15(3)16(9-13)24-17(27)11-28-20-18-19(22-12-23-20)25-21(29-18)26-8-4-5-14(2)10-26/h6-7,9,12,14H,4-5,8,10-11H2,1-3H3,(H,24,27). The summed E-state index contributed by atoms with van der Waals surface area (Å²) in [5.41, 5.74) is 3.76. The fourth-order valence-electron chi connectivity index (χ4n) is 3.51. The number of carbonyl (C=O) groups excluding carboxylic acids is 1. The lowest BCUT2D eigenvalue weighted by Gasteiger charge is -2.30. The van der Waals surface area contributed by atoms with Crippen LogP contribution in [0.4, 0.5) is 10.8 Å². The number of nitrogens with one attached hydrogen (secondary N) is 1. The normalized spacial score (nSPS) is 16.9. The van der Waals surface area contributed by atoms with Gasteiger partial charge in [-0.1, -0.05) is 42.2 Å². The first-order chi connectivity index (χ1) is 14.0. The van der Waals surface area contributed by atoms with Gasteiger partial charge in [-0.2, -0.15) is 4.98 Å². The summed E-state index contributed by atoms with van der Waals surface area (Å²) >= 11 is 3.07. The second-order valence-corrected chi connectivity index (χ2v) is 9.62. The third kappa shape index (κ3) is 4.70. The largest absolute Gasteiger partial charge is 0.348 e. The quantitative estimate of drug-likeness (QED) is 0.471. The van der Waals surface area contributed by atoms with Crippen LogP contribution in [0.25, 0.3) is 10.3 Å². The smallest absolute Gasteiger partial charge is 0.234 e. The number of hydrogen-bond donors (Lipinski definition) is 1. The van der Waals surface area contributed by atoms with Gasteiger partial charge in [0.25, 0.3) is 0 Å². The van der Waals surface area contributed by atoms with E-state index >= 15 is 0 Å². The maximum atomic E-state index is 12.5. The number of anilines is 2. The van der Waals surface area contributed by atoms with Gasteiger partial charge >= 0.3 is 0 Å². The molecule has 2 aromatic heterocycles. The van der Waals surface area contributed by atoms with Crippen molar-refractivity contribution in [2.45, 2.75) is 38.6 Å². The average molecular weight is 428 g/mol. The van der Waals surface area contributed by atoms with Crippen LogP contribution in [0.5, 0.6) is 0 Å². The van der Waals surface area contributed by atoms with Crippen LogP contribution in [-0.4, -0.2) is 39.7 Å². The van der Waals surface area contributed by atoms with Crippen LogP contribution in [0.3, 0.4) is 0 Å². The number of fused-ring (bicyclic) bond motifs is 1. The van der Waals surface area contributed by atoms with Crippen molar-refractivity contribution in [2.75, 3.05) is 29.1 Å². The van der Waals surface area contributed by atoms with Gasteiger partial charge in [-0.05, 0) is 49.8 Å². The van der Waals surface area contributed by atoms with E-state index in [1.807, 2.05) is 32.0 Å².